The minimum atomic E-state index is -4.06. The lowest BCUT2D eigenvalue weighted by Crippen LogP contribution is -2.60. The lowest BCUT2D eigenvalue weighted by atomic mass is 9.74. The molecule has 2 aliphatic rings. The first-order chi connectivity index (χ1) is 9.41. The van der Waals surface area contributed by atoms with E-state index >= 15 is 0 Å². The number of hydrogen-bond acceptors (Lipinski definition) is 3. The van der Waals surface area contributed by atoms with Gasteiger partial charge in [0.1, 0.15) is 0 Å². The molecule has 1 saturated carbocycles. The average Bonchev–Trinajstić information content (AvgIpc) is 2.46. The smallest absolute Gasteiger partial charge is 0.380 e. The predicted molar refractivity (Wildman–Crippen MR) is 71.4 cm³/mol. The second kappa shape index (κ2) is 6.20. The maximum Gasteiger partial charge on any atom is 0.391 e. The molecule has 1 aliphatic heterocycles. The third kappa shape index (κ3) is 3.28. The molecule has 0 radical (unpaired) electrons. The van der Waals surface area contributed by atoms with Gasteiger partial charge in [0.15, 0.2) is 0 Å². The molecule has 1 atom stereocenters. The second-order valence-corrected chi connectivity index (χ2v) is 6.19. The largest absolute Gasteiger partial charge is 0.391 e. The zero-order valence-corrected chi connectivity index (χ0v) is 12.1. The molecular formula is C14H25F3N2O. The number of hydrogen-bond donors (Lipinski definition) is 1. The molecule has 2 N–H and O–H groups in total. The van der Waals surface area contributed by atoms with Gasteiger partial charge in [0.2, 0.25) is 0 Å². The molecule has 1 heterocycles. The fraction of sp³-hybridized carbons (Fsp3) is 1.00. The van der Waals surface area contributed by atoms with Gasteiger partial charge in [-0.15, -0.1) is 0 Å². The summed E-state index contributed by atoms with van der Waals surface area (Å²) in [6.45, 7) is 2.16. The molecule has 0 bridgehead atoms. The molecule has 0 aromatic heterocycles. The Morgan fingerprint density at radius 2 is 1.90 bits per heavy atom. The van der Waals surface area contributed by atoms with Gasteiger partial charge in [-0.25, -0.2) is 0 Å². The van der Waals surface area contributed by atoms with E-state index < -0.39 is 12.1 Å². The van der Waals surface area contributed by atoms with Crippen LogP contribution in [0.3, 0.4) is 0 Å². The Labute approximate surface area is 118 Å². The van der Waals surface area contributed by atoms with Crippen molar-refractivity contribution in [2.24, 2.45) is 11.7 Å². The molecule has 0 amide bonds. The molecule has 0 aromatic rings. The SMILES string of the molecule is COC1CCCN(C2(CN)CCC(C(F)(F)F)CC2)C1. The van der Waals surface area contributed by atoms with Crippen molar-refractivity contribution >= 4 is 0 Å². The van der Waals surface area contributed by atoms with Gasteiger partial charge in [0, 0.05) is 25.7 Å². The van der Waals surface area contributed by atoms with E-state index in [2.05, 4.69) is 4.90 Å². The van der Waals surface area contributed by atoms with Crippen molar-refractivity contribution in [2.45, 2.75) is 56.3 Å². The van der Waals surface area contributed by atoms with Crippen LogP contribution in [0.4, 0.5) is 13.2 Å². The van der Waals surface area contributed by atoms with Gasteiger partial charge in [-0.05, 0) is 45.1 Å². The molecule has 1 saturated heterocycles. The van der Waals surface area contributed by atoms with Crippen LogP contribution >= 0.6 is 0 Å². The van der Waals surface area contributed by atoms with Crippen molar-refractivity contribution in [1.82, 2.24) is 4.90 Å². The summed E-state index contributed by atoms with van der Waals surface area (Å²) in [6.07, 6.45) is -0.315. The van der Waals surface area contributed by atoms with Crippen LogP contribution in [0.1, 0.15) is 38.5 Å². The molecular weight excluding hydrogens is 269 g/mol. The zero-order valence-electron chi connectivity index (χ0n) is 12.1. The highest BCUT2D eigenvalue weighted by molar-refractivity contribution is 4.98. The van der Waals surface area contributed by atoms with Crippen molar-refractivity contribution < 1.29 is 17.9 Å². The number of halogens is 3. The van der Waals surface area contributed by atoms with Crippen molar-refractivity contribution in [3.63, 3.8) is 0 Å². The Balaban J connectivity index is 2.01. The molecule has 2 fully saturated rings. The first-order valence-electron chi connectivity index (χ1n) is 7.46. The number of nitrogens with two attached hydrogens (primary N) is 1. The van der Waals surface area contributed by atoms with Gasteiger partial charge < -0.3 is 10.5 Å². The number of likely N-dealkylation sites (tertiary alicyclic amines) is 1. The number of piperidine rings is 1. The minimum absolute atomic E-state index is 0.188. The van der Waals surface area contributed by atoms with Gasteiger partial charge >= 0.3 is 6.18 Å². The van der Waals surface area contributed by atoms with Crippen LogP contribution in [0.5, 0.6) is 0 Å². The quantitative estimate of drug-likeness (QED) is 0.869. The van der Waals surface area contributed by atoms with E-state index in [4.69, 9.17) is 10.5 Å². The Kier molecular flexibility index (Phi) is 4.97. The summed E-state index contributed by atoms with van der Waals surface area (Å²) in [5.74, 6) is -1.15. The maximum atomic E-state index is 12.8. The van der Waals surface area contributed by atoms with Crippen LogP contribution in [0.2, 0.25) is 0 Å². The molecule has 1 aliphatic carbocycles. The Bertz CT molecular complexity index is 314. The van der Waals surface area contributed by atoms with E-state index in [0.717, 1.165) is 25.9 Å². The van der Waals surface area contributed by atoms with E-state index in [9.17, 15) is 13.2 Å². The molecule has 1 unspecified atom stereocenters. The summed E-state index contributed by atoms with van der Waals surface area (Å²) >= 11 is 0. The summed E-state index contributed by atoms with van der Waals surface area (Å²) in [7, 11) is 1.70. The van der Waals surface area contributed by atoms with Crippen molar-refractivity contribution in [3.8, 4) is 0 Å². The Hall–Kier alpha value is -0.330. The zero-order chi connectivity index (χ0) is 14.8. The van der Waals surface area contributed by atoms with Crippen molar-refractivity contribution in [1.29, 1.82) is 0 Å². The van der Waals surface area contributed by atoms with Crippen LogP contribution in [-0.2, 0) is 4.74 Å². The summed E-state index contributed by atoms with van der Waals surface area (Å²) in [5, 5.41) is 0. The lowest BCUT2D eigenvalue weighted by Gasteiger charge is -2.50. The summed E-state index contributed by atoms with van der Waals surface area (Å²) in [4.78, 5) is 2.29. The van der Waals surface area contributed by atoms with Crippen LogP contribution in [0.25, 0.3) is 0 Å². The highest BCUT2D eigenvalue weighted by Crippen LogP contribution is 2.43. The molecule has 0 aromatic carbocycles. The first kappa shape index (κ1) is 16.0. The van der Waals surface area contributed by atoms with Gasteiger partial charge in [-0.3, -0.25) is 4.90 Å². The Morgan fingerprint density at radius 1 is 1.25 bits per heavy atom. The standard InChI is InChI=1S/C14H25F3N2O/c1-20-12-3-2-8-19(9-12)13(10-18)6-4-11(5-7-13)14(15,16)17/h11-12H,2-10,18H2,1H3. The molecule has 0 spiro atoms. The Morgan fingerprint density at radius 3 is 2.40 bits per heavy atom. The van der Waals surface area contributed by atoms with E-state index in [1.807, 2.05) is 0 Å². The van der Waals surface area contributed by atoms with Gasteiger partial charge in [-0.2, -0.15) is 13.2 Å². The first-order valence-corrected chi connectivity index (χ1v) is 7.46. The van der Waals surface area contributed by atoms with E-state index in [-0.39, 0.29) is 24.5 Å². The third-order valence-corrected chi connectivity index (χ3v) is 5.14. The van der Waals surface area contributed by atoms with Crippen LogP contribution in [0.15, 0.2) is 0 Å². The second-order valence-electron chi connectivity index (χ2n) is 6.19. The lowest BCUT2D eigenvalue weighted by molar-refractivity contribution is -0.189. The topological polar surface area (TPSA) is 38.5 Å². The van der Waals surface area contributed by atoms with E-state index in [0.29, 0.717) is 19.4 Å². The highest BCUT2D eigenvalue weighted by atomic mass is 19.4. The number of methoxy groups -OCH3 is 1. The number of ether oxygens (including phenoxy) is 1. The van der Waals surface area contributed by atoms with Crippen LogP contribution in [-0.4, -0.2) is 49.5 Å². The molecule has 3 nitrogen and oxygen atoms in total. The fourth-order valence-electron chi connectivity index (χ4n) is 3.69. The highest BCUT2D eigenvalue weighted by Gasteiger charge is 2.48. The van der Waals surface area contributed by atoms with Crippen LogP contribution in [0, 0.1) is 5.92 Å². The van der Waals surface area contributed by atoms with E-state index in [1.165, 1.54) is 0 Å². The maximum absolute atomic E-state index is 12.8. The molecule has 2 rings (SSSR count). The molecule has 118 valence electrons. The molecule has 6 heteroatoms. The minimum Gasteiger partial charge on any atom is -0.380 e. The summed E-state index contributed by atoms with van der Waals surface area (Å²) < 4.78 is 43.8. The fourth-order valence-corrected chi connectivity index (χ4v) is 3.69. The predicted octanol–water partition coefficient (Wildman–Crippen LogP) is 2.55. The number of nitrogens with zero attached hydrogens (tertiary/aromatic N) is 1. The third-order valence-electron chi connectivity index (χ3n) is 5.14. The number of alkyl halides is 3. The average molecular weight is 294 g/mol. The van der Waals surface area contributed by atoms with Gasteiger partial charge in [0.25, 0.3) is 0 Å². The monoisotopic (exact) mass is 294 g/mol. The van der Waals surface area contributed by atoms with Gasteiger partial charge in [0.05, 0.1) is 12.0 Å². The van der Waals surface area contributed by atoms with Gasteiger partial charge in [-0.1, -0.05) is 0 Å². The van der Waals surface area contributed by atoms with Crippen molar-refractivity contribution in [2.75, 3.05) is 26.7 Å². The van der Waals surface area contributed by atoms with E-state index in [1.54, 1.807) is 7.11 Å². The summed E-state index contributed by atoms with van der Waals surface area (Å²) in [6, 6.07) is 0. The number of rotatable bonds is 3. The normalized spacial score (nSPS) is 37.0. The molecule has 20 heavy (non-hydrogen) atoms. The van der Waals surface area contributed by atoms with Crippen LogP contribution < -0.4 is 5.73 Å². The summed E-state index contributed by atoms with van der Waals surface area (Å²) in [5.41, 5.74) is 5.70. The van der Waals surface area contributed by atoms with Crippen molar-refractivity contribution in [3.05, 3.63) is 0 Å².